The lowest BCUT2D eigenvalue weighted by Crippen LogP contribution is -2.52. The summed E-state index contributed by atoms with van der Waals surface area (Å²) in [6.45, 7) is 4.09. The van der Waals surface area contributed by atoms with Crippen molar-refractivity contribution in [1.82, 2.24) is 10.6 Å². The predicted molar refractivity (Wildman–Crippen MR) is 133 cm³/mol. The van der Waals surface area contributed by atoms with Crippen LogP contribution >= 0.6 is 0 Å². The number of hydrogen-bond donors (Lipinski definition) is 3. The smallest absolute Gasteiger partial charge is 0.407 e. The van der Waals surface area contributed by atoms with E-state index >= 15 is 0 Å². The minimum Gasteiger partial charge on any atom is -0.481 e. The standard InChI is InChI=1S/C28H34N2O5/c1-3-17(2)26(27(33)29-19-13-12-18(14-19)15-25(31)32)30-28(34)35-16-24-22-10-6-4-8-20(22)21-9-5-7-11-23(21)24/h4-11,17-19,24,26H,3,12-16H2,1-2H3,(H,29,33)(H,30,34)(H,31,32)/t17?,18-,19+,26?/m0/s1. The minimum absolute atomic E-state index is 0.0475. The van der Waals surface area contributed by atoms with Gasteiger partial charge in [0.15, 0.2) is 0 Å². The van der Waals surface area contributed by atoms with Crippen molar-refractivity contribution in [1.29, 1.82) is 0 Å². The number of carboxylic acid groups (broad SMARTS) is 1. The van der Waals surface area contributed by atoms with Crippen molar-refractivity contribution in [2.75, 3.05) is 6.61 Å². The second-order valence-electron chi connectivity index (χ2n) is 9.82. The van der Waals surface area contributed by atoms with Crippen LogP contribution in [0.15, 0.2) is 48.5 Å². The normalized spacial score (nSPS) is 20.4. The van der Waals surface area contributed by atoms with Gasteiger partial charge in [0.2, 0.25) is 5.91 Å². The number of carbonyl (C=O) groups is 3. The van der Waals surface area contributed by atoms with Crippen LogP contribution < -0.4 is 10.6 Å². The first-order valence-electron chi connectivity index (χ1n) is 12.5. The summed E-state index contributed by atoms with van der Waals surface area (Å²) in [4.78, 5) is 36.8. The van der Waals surface area contributed by atoms with Gasteiger partial charge in [0.25, 0.3) is 0 Å². The van der Waals surface area contributed by atoms with Crippen LogP contribution in [0, 0.1) is 11.8 Å². The molecule has 1 saturated carbocycles. The van der Waals surface area contributed by atoms with Gasteiger partial charge in [-0.3, -0.25) is 9.59 Å². The third-order valence-electron chi connectivity index (χ3n) is 7.46. The van der Waals surface area contributed by atoms with Crippen molar-refractivity contribution in [3.8, 4) is 11.1 Å². The van der Waals surface area contributed by atoms with Crippen molar-refractivity contribution in [2.24, 2.45) is 11.8 Å². The van der Waals surface area contributed by atoms with Crippen LogP contribution in [0.1, 0.15) is 63.0 Å². The minimum atomic E-state index is -0.809. The Hall–Kier alpha value is -3.35. The maximum Gasteiger partial charge on any atom is 0.407 e. The number of ether oxygens (including phenoxy) is 1. The molecule has 0 bridgehead atoms. The highest BCUT2D eigenvalue weighted by molar-refractivity contribution is 5.86. The summed E-state index contributed by atoms with van der Waals surface area (Å²) in [5.41, 5.74) is 4.59. The fraction of sp³-hybridized carbons (Fsp3) is 0.464. The molecule has 4 atom stereocenters. The van der Waals surface area contributed by atoms with E-state index in [0.29, 0.717) is 12.8 Å². The highest BCUT2D eigenvalue weighted by atomic mass is 16.5. The monoisotopic (exact) mass is 478 g/mol. The lowest BCUT2D eigenvalue weighted by molar-refractivity contribution is -0.138. The molecule has 4 rings (SSSR count). The summed E-state index contributed by atoms with van der Waals surface area (Å²) in [7, 11) is 0. The van der Waals surface area contributed by atoms with Crippen LogP contribution in [-0.4, -0.2) is 41.8 Å². The molecule has 0 spiro atoms. The molecule has 1 fully saturated rings. The average molecular weight is 479 g/mol. The Morgan fingerprint density at radius 2 is 1.66 bits per heavy atom. The maximum atomic E-state index is 13.1. The van der Waals surface area contributed by atoms with Crippen molar-refractivity contribution in [3.63, 3.8) is 0 Å². The molecule has 0 aromatic heterocycles. The van der Waals surface area contributed by atoms with E-state index in [2.05, 4.69) is 34.9 Å². The number of hydrogen-bond acceptors (Lipinski definition) is 4. The van der Waals surface area contributed by atoms with Crippen LogP contribution in [0.2, 0.25) is 0 Å². The van der Waals surface area contributed by atoms with Crippen LogP contribution in [0.5, 0.6) is 0 Å². The third-order valence-corrected chi connectivity index (χ3v) is 7.46. The molecule has 0 heterocycles. The van der Waals surface area contributed by atoms with Gasteiger partial charge in [-0.2, -0.15) is 0 Å². The van der Waals surface area contributed by atoms with E-state index in [9.17, 15) is 14.4 Å². The summed E-state index contributed by atoms with van der Waals surface area (Å²) in [5.74, 6) is -1.10. The zero-order valence-electron chi connectivity index (χ0n) is 20.3. The zero-order valence-corrected chi connectivity index (χ0v) is 20.3. The topological polar surface area (TPSA) is 105 Å². The number of carbonyl (C=O) groups excluding carboxylic acids is 2. The number of fused-ring (bicyclic) bond motifs is 3. The summed E-state index contributed by atoms with van der Waals surface area (Å²) in [6.07, 6.45) is 2.42. The fourth-order valence-electron chi connectivity index (χ4n) is 5.40. The molecule has 2 amide bonds. The first-order valence-corrected chi connectivity index (χ1v) is 12.5. The zero-order chi connectivity index (χ0) is 24.9. The number of rotatable bonds is 9. The second kappa shape index (κ2) is 10.9. The molecule has 2 aromatic rings. The van der Waals surface area contributed by atoms with Crippen molar-refractivity contribution >= 4 is 18.0 Å². The Morgan fingerprint density at radius 1 is 1.03 bits per heavy atom. The summed E-state index contributed by atoms with van der Waals surface area (Å²) < 4.78 is 5.65. The van der Waals surface area contributed by atoms with Gasteiger partial charge in [-0.05, 0) is 53.4 Å². The van der Waals surface area contributed by atoms with Gasteiger partial charge in [0, 0.05) is 18.4 Å². The number of benzene rings is 2. The maximum absolute atomic E-state index is 13.1. The largest absolute Gasteiger partial charge is 0.481 e. The molecule has 3 N–H and O–H groups in total. The van der Waals surface area contributed by atoms with Gasteiger partial charge >= 0.3 is 12.1 Å². The molecule has 2 aliphatic carbocycles. The Kier molecular flexibility index (Phi) is 7.73. The van der Waals surface area contributed by atoms with Crippen LogP contribution in [0.25, 0.3) is 11.1 Å². The van der Waals surface area contributed by atoms with E-state index in [-0.39, 0.29) is 42.7 Å². The first-order chi connectivity index (χ1) is 16.9. The summed E-state index contributed by atoms with van der Waals surface area (Å²) in [5, 5.41) is 14.8. The van der Waals surface area contributed by atoms with Gasteiger partial charge in [0.1, 0.15) is 12.6 Å². The molecular formula is C28H34N2O5. The predicted octanol–water partition coefficient (Wildman–Crippen LogP) is 4.70. The van der Waals surface area contributed by atoms with Crippen molar-refractivity contribution in [2.45, 2.75) is 64.0 Å². The summed E-state index contributed by atoms with van der Waals surface area (Å²) >= 11 is 0. The number of amides is 2. The molecule has 0 saturated heterocycles. The lowest BCUT2D eigenvalue weighted by Gasteiger charge is -2.25. The van der Waals surface area contributed by atoms with E-state index in [1.54, 1.807) is 0 Å². The molecular weight excluding hydrogens is 444 g/mol. The molecule has 2 aromatic carbocycles. The molecule has 0 radical (unpaired) electrons. The molecule has 0 aliphatic heterocycles. The number of aliphatic carboxylic acids is 1. The molecule has 7 nitrogen and oxygen atoms in total. The van der Waals surface area contributed by atoms with Crippen molar-refractivity contribution in [3.05, 3.63) is 59.7 Å². The third kappa shape index (κ3) is 5.66. The Bertz CT molecular complexity index is 1040. The van der Waals surface area contributed by atoms with Gasteiger partial charge in [0.05, 0.1) is 0 Å². The SMILES string of the molecule is CCC(C)C(NC(=O)OCC1c2ccccc2-c2ccccc21)C(=O)N[C@@H]1CC[C@H](CC(=O)O)C1. The lowest BCUT2D eigenvalue weighted by atomic mass is 9.97. The highest BCUT2D eigenvalue weighted by Gasteiger charge is 2.33. The van der Waals surface area contributed by atoms with Gasteiger partial charge in [-0.15, -0.1) is 0 Å². The van der Waals surface area contributed by atoms with Gasteiger partial charge in [-0.1, -0.05) is 68.8 Å². The van der Waals surface area contributed by atoms with E-state index < -0.39 is 18.1 Å². The fourth-order valence-corrected chi connectivity index (χ4v) is 5.40. The van der Waals surface area contributed by atoms with E-state index in [1.807, 2.05) is 38.1 Å². The van der Waals surface area contributed by atoms with E-state index in [0.717, 1.165) is 35.1 Å². The van der Waals surface area contributed by atoms with Crippen LogP contribution in [-0.2, 0) is 14.3 Å². The number of nitrogens with one attached hydrogen (secondary N) is 2. The first kappa shape index (κ1) is 24.8. The van der Waals surface area contributed by atoms with E-state index in [4.69, 9.17) is 9.84 Å². The second-order valence-corrected chi connectivity index (χ2v) is 9.82. The Labute approximate surface area is 206 Å². The van der Waals surface area contributed by atoms with Gasteiger partial charge in [-0.25, -0.2) is 4.79 Å². The Morgan fingerprint density at radius 3 is 2.26 bits per heavy atom. The van der Waals surface area contributed by atoms with Gasteiger partial charge < -0.3 is 20.5 Å². The number of alkyl carbamates (subject to hydrolysis) is 1. The summed E-state index contributed by atoms with van der Waals surface area (Å²) in [6, 6.07) is 15.5. The quantitative estimate of drug-likeness (QED) is 0.485. The van der Waals surface area contributed by atoms with Crippen molar-refractivity contribution < 1.29 is 24.2 Å². The number of carboxylic acids is 1. The molecule has 2 aliphatic rings. The Balaban J connectivity index is 1.36. The van der Waals surface area contributed by atoms with Crippen LogP contribution in [0.3, 0.4) is 0 Å². The van der Waals surface area contributed by atoms with Crippen LogP contribution in [0.4, 0.5) is 4.79 Å². The highest BCUT2D eigenvalue weighted by Crippen LogP contribution is 2.44. The molecule has 35 heavy (non-hydrogen) atoms. The average Bonchev–Trinajstić information content (AvgIpc) is 3.41. The molecule has 186 valence electrons. The molecule has 2 unspecified atom stereocenters. The molecule has 7 heteroatoms. The van der Waals surface area contributed by atoms with E-state index in [1.165, 1.54) is 0 Å².